The predicted molar refractivity (Wildman–Crippen MR) is 97.0 cm³/mol. The number of anilines is 1. The molecule has 0 radical (unpaired) electrons. The predicted octanol–water partition coefficient (Wildman–Crippen LogP) is 1.67. The minimum Gasteiger partial charge on any atom is -0.466 e. The molecule has 0 aliphatic carbocycles. The highest BCUT2D eigenvalue weighted by molar-refractivity contribution is 7.89. The van der Waals surface area contributed by atoms with E-state index in [-0.39, 0.29) is 10.6 Å². The van der Waals surface area contributed by atoms with Crippen molar-refractivity contribution in [1.29, 1.82) is 0 Å². The van der Waals surface area contributed by atoms with Crippen molar-refractivity contribution in [2.45, 2.75) is 25.7 Å². The van der Waals surface area contributed by atoms with Gasteiger partial charge in [0.1, 0.15) is 5.70 Å². The molecule has 26 heavy (non-hydrogen) atoms. The van der Waals surface area contributed by atoms with E-state index in [1.165, 1.54) is 30.7 Å². The Morgan fingerprint density at radius 3 is 2.27 bits per heavy atom. The number of ether oxygens (including phenoxy) is 2. The summed E-state index contributed by atoms with van der Waals surface area (Å²) in [5.74, 6) is -1.53. The molecule has 0 aromatic heterocycles. The zero-order valence-electron chi connectivity index (χ0n) is 15.5. The summed E-state index contributed by atoms with van der Waals surface area (Å²) in [6.45, 7) is 5.92. The maximum Gasteiger partial charge on any atom is 0.354 e. The van der Waals surface area contributed by atoms with Crippen LogP contribution in [-0.4, -0.2) is 52.0 Å². The Hall–Kier alpha value is -2.39. The first kappa shape index (κ1) is 21.7. The van der Waals surface area contributed by atoms with Crippen LogP contribution in [0.5, 0.6) is 0 Å². The number of methoxy groups -OCH3 is 2. The molecular formula is C17H24N2O6S. The summed E-state index contributed by atoms with van der Waals surface area (Å²) in [6, 6.07) is 4.53. The van der Waals surface area contributed by atoms with E-state index in [2.05, 4.69) is 14.8 Å². The van der Waals surface area contributed by atoms with E-state index in [1.54, 1.807) is 26.8 Å². The number of aryl methyl sites for hydroxylation is 1. The minimum absolute atomic E-state index is 0.0802. The average molecular weight is 384 g/mol. The molecule has 1 rings (SSSR count). The van der Waals surface area contributed by atoms with Crippen molar-refractivity contribution in [3.63, 3.8) is 0 Å². The standard InChI is InChI=1S/C17H24N2O6S/c1-6-19(7-2)26(22,23)13-9-8-12(3)14(10-13)18-15(17(21)25-5)11-16(20)24-4/h8-11,18H,6-7H2,1-5H3/b15-11+. The molecule has 0 amide bonds. The second-order valence-corrected chi connectivity index (χ2v) is 7.20. The van der Waals surface area contributed by atoms with Crippen LogP contribution in [0.3, 0.4) is 0 Å². The third-order valence-corrected chi connectivity index (χ3v) is 5.74. The zero-order valence-corrected chi connectivity index (χ0v) is 16.3. The van der Waals surface area contributed by atoms with E-state index < -0.39 is 22.0 Å². The Morgan fingerprint density at radius 1 is 1.15 bits per heavy atom. The molecule has 1 aromatic carbocycles. The molecule has 0 heterocycles. The Morgan fingerprint density at radius 2 is 1.77 bits per heavy atom. The number of nitrogens with zero attached hydrogens (tertiary/aromatic N) is 1. The fraction of sp³-hybridized carbons (Fsp3) is 0.412. The molecule has 0 saturated carbocycles. The summed E-state index contributed by atoms with van der Waals surface area (Å²) in [6.07, 6.45) is 0.941. The van der Waals surface area contributed by atoms with Crippen LogP contribution in [0.4, 0.5) is 5.69 Å². The highest BCUT2D eigenvalue weighted by Gasteiger charge is 2.23. The van der Waals surface area contributed by atoms with Crippen LogP contribution in [0.25, 0.3) is 0 Å². The monoisotopic (exact) mass is 384 g/mol. The number of benzene rings is 1. The SMILES string of the molecule is CCN(CC)S(=O)(=O)c1ccc(C)c(N/C(=C/C(=O)OC)C(=O)OC)c1. The van der Waals surface area contributed by atoms with Crippen molar-refractivity contribution in [3.8, 4) is 0 Å². The molecule has 0 fully saturated rings. The van der Waals surface area contributed by atoms with Crippen LogP contribution in [0.1, 0.15) is 19.4 Å². The lowest BCUT2D eigenvalue weighted by molar-refractivity contribution is -0.138. The highest BCUT2D eigenvalue weighted by Crippen LogP contribution is 2.24. The fourth-order valence-corrected chi connectivity index (χ4v) is 3.67. The third kappa shape index (κ3) is 5.06. The second kappa shape index (κ2) is 9.35. The van der Waals surface area contributed by atoms with Gasteiger partial charge < -0.3 is 14.8 Å². The Kier molecular flexibility index (Phi) is 7.78. The van der Waals surface area contributed by atoms with E-state index >= 15 is 0 Å². The van der Waals surface area contributed by atoms with Crippen LogP contribution in [0.15, 0.2) is 34.9 Å². The summed E-state index contributed by atoms with van der Waals surface area (Å²) in [7, 11) is -1.32. The first-order valence-corrected chi connectivity index (χ1v) is 9.41. The summed E-state index contributed by atoms with van der Waals surface area (Å²) in [5.41, 5.74) is 0.877. The Balaban J connectivity index is 3.35. The molecule has 1 N–H and O–H groups in total. The molecule has 1 aromatic rings. The summed E-state index contributed by atoms with van der Waals surface area (Å²) >= 11 is 0. The van der Waals surface area contributed by atoms with Crippen LogP contribution in [0.2, 0.25) is 0 Å². The molecule has 8 nitrogen and oxygen atoms in total. The van der Waals surface area contributed by atoms with Gasteiger partial charge in [0.25, 0.3) is 0 Å². The van der Waals surface area contributed by atoms with Crippen molar-refractivity contribution < 1.29 is 27.5 Å². The molecule has 9 heteroatoms. The Labute approximate surface area is 153 Å². The highest BCUT2D eigenvalue weighted by atomic mass is 32.2. The van der Waals surface area contributed by atoms with Crippen LogP contribution >= 0.6 is 0 Å². The molecule has 0 bridgehead atoms. The topological polar surface area (TPSA) is 102 Å². The fourth-order valence-electron chi connectivity index (χ4n) is 2.19. The quantitative estimate of drug-likeness (QED) is 0.537. The van der Waals surface area contributed by atoms with Gasteiger partial charge in [0.05, 0.1) is 25.2 Å². The van der Waals surface area contributed by atoms with Crippen molar-refractivity contribution in [2.24, 2.45) is 0 Å². The first-order valence-electron chi connectivity index (χ1n) is 7.97. The van der Waals surface area contributed by atoms with Gasteiger partial charge in [0.2, 0.25) is 10.0 Å². The number of nitrogens with one attached hydrogen (secondary N) is 1. The molecule has 0 aliphatic rings. The summed E-state index contributed by atoms with van der Waals surface area (Å²) in [4.78, 5) is 23.4. The second-order valence-electron chi connectivity index (χ2n) is 5.26. The van der Waals surface area contributed by atoms with Crippen molar-refractivity contribution in [3.05, 3.63) is 35.5 Å². The van der Waals surface area contributed by atoms with Crippen molar-refractivity contribution in [2.75, 3.05) is 32.6 Å². The first-order chi connectivity index (χ1) is 12.2. The third-order valence-electron chi connectivity index (χ3n) is 3.69. The number of hydrogen-bond donors (Lipinski definition) is 1. The molecule has 0 unspecified atom stereocenters. The molecule has 0 saturated heterocycles. The van der Waals surface area contributed by atoms with E-state index in [0.29, 0.717) is 24.3 Å². The van der Waals surface area contributed by atoms with E-state index in [0.717, 1.165) is 6.08 Å². The summed E-state index contributed by atoms with van der Waals surface area (Å²) in [5, 5.41) is 2.75. The van der Waals surface area contributed by atoms with Gasteiger partial charge in [-0.15, -0.1) is 0 Å². The van der Waals surface area contributed by atoms with E-state index in [9.17, 15) is 18.0 Å². The van der Waals surface area contributed by atoms with Gasteiger partial charge in [-0.05, 0) is 24.6 Å². The van der Waals surface area contributed by atoms with Crippen LogP contribution in [0, 0.1) is 6.92 Å². The van der Waals surface area contributed by atoms with Gasteiger partial charge in [-0.1, -0.05) is 19.9 Å². The lowest BCUT2D eigenvalue weighted by atomic mass is 10.2. The van der Waals surface area contributed by atoms with Crippen molar-refractivity contribution >= 4 is 27.6 Å². The minimum atomic E-state index is -3.66. The van der Waals surface area contributed by atoms with Gasteiger partial charge in [-0.2, -0.15) is 4.31 Å². The number of hydrogen-bond acceptors (Lipinski definition) is 7. The average Bonchev–Trinajstić information content (AvgIpc) is 2.62. The number of carbonyl (C=O) groups excluding carboxylic acids is 2. The smallest absolute Gasteiger partial charge is 0.354 e. The number of rotatable bonds is 8. The van der Waals surface area contributed by atoms with Gasteiger partial charge in [-0.25, -0.2) is 18.0 Å². The number of carbonyl (C=O) groups is 2. The molecule has 144 valence electrons. The molecular weight excluding hydrogens is 360 g/mol. The van der Waals surface area contributed by atoms with Crippen LogP contribution < -0.4 is 5.32 Å². The van der Waals surface area contributed by atoms with Crippen molar-refractivity contribution in [1.82, 2.24) is 4.31 Å². The van der Waals surface area contributed by atoms with Gasteiger partial charge in [0, 0.05) is 18.8 Å². The van der Waals surface area contributed by atoms with Gasteiger partial charge in [-0.3, -0.25) is 0 Å². The zero-order chi connectivity index (χ0) is 19.9. The van der Waals surface area contributed by atoms with E-state index in [1.807, 2.05) is 0 Å². The normalized spacial score (nSPS) is 12.0. The largest absolute Gasteiger partial charge is 0.466 e. The lowest BCUT2D eigenvalue weighted by Crippen LogP contribution is -2.30. The van der Waals surface area contributed by atoms with E-state index in [4.69, 9.17) is 0 Å². The maximum absolute atomic E-state index is 12.7. The van der Waals surface area contributed by atoms with Crippen LogP contribution in [-0.2, 0) is 29.1 Å². The van der Waals surface area contributed by atoms with Gasteiger partial charge in [0.15, 0.2) is 0 Å². The summed E-state index contributed by atoms with van der Waals surface area (Å²) < 4.78 is 35.8. The molecule has 0 atom stereocenters. The molecule has 0 aliphatic heterocycles. The lowest BCUT2D eigenvalue weighted by Gasteiger charge is -2.20. The number of esters is 2. The van der Waals surface area contributed by atoms with Gasteiger partial charge >= 0.3 is 11.9 Å². The molecule has 0 spiro atoms. The Bertz CT molecular complexity index is 797. The number of sulfonamides is 1. The maximum atomic E-state index is 12.7.